The number of hydrogen-bond donors (Lipinski definition) is 8. The highest BCUT2D eigenvalue weighted by molar-refractivity contribution is 6.28. The average Bonchev–Trinajstić information content (AvgIpc) is 3.65. The van der Waals surface area contributed by atoms with Crippen molar-refractivity contribution < 1.29 is 40.1 Å². The summed E-state index contributed by atoms with van der Waals surface area (Å²) in [6, 6.07) is 0. The normalized spacial score (nSPS) is 31.1. The maximum atomic E-state index is 10.4. The summed E-state index contributed by atoms with van der Waals surface area (Å²) in [6.45, 7) is -1.02. The van der Waals surface area contributed by atoms with Crippen LogP contribution in [-0.4, -0.2) is 120 Å². The second-order valence-electron chi connectivity index (χ2n) is 9.00. The molecule has 6 rings (SSSR count). The second-order valence-corrected chi connectivity index (χ2v) is 9.34. The Bertz CT molecular complexity index is 1540. The van der Waals surface area contributed by atoms with E-state index >= 15 is 0 Å². The number of nitrogen functional groups attached to an aromatic ring is 1. The van der Waals surface area contributed by atoms with E-state index in [1.807, 2.05) is 0 Å². The number of anilines is 3. The van der Waals surface area contributed by atoms with Crippen LogP contribution in [0, 0.1) is 0 Å². The van der Waals surface area contributed by atoms with Crippen LogP contribution in [0.25, 0.3) is 22.3 Å². The molecule has 8 atom stereocenters. The first-order chi connectivity index (χ1) is 18.7. The molecule has 9 N–H and O–H groups in total. The monoisotopic (exact) mass is 566 g/mol. The van der Waals surface area contributed by atoms with Crippen LogP contribution in [0.1, 0.15) is 12.5 Å². The van der Waals surface area contributed by atoms with Crippen molar-refractivity contribution in [3.63, 3.8) is 0 Å². The first-order valence-corrected chi connectivity index (χ1v) is 12.0. The molecule has 2 fully saturated rings. The highest BCUT2D eigenvalue weighted by Gasteiger charge is 2.45. The van der Waals surface area contributed by atoms with E-state index in [1.165, 1.54) is 21.8 Å². The number of rotatable bonds is 6. The van der Waals surface area contributed by atoms with Crippen LogP contribution >= 0.6 is 11.6 Å². The topological polar surface area (TPSA) is 265 Å². The molecule has 4 aromatic rings. The third-order valence-electron chi connectivity index (χ3n) is 6.66. The van der Waals surface area contributed by atoms with E-state index in [9.17, 15) is 30.6 Å². The number of ether oxygens (including phenoxy) is 2. The van der Waals surface area contributed by atoms with Crippen molar-refractivity contribution in [1.82, 2.24) is 39.0 Å². The third-order valence-corrected chi connectivity index (χ3v) is 6.82. The number of nitrogens with two attached hydrogens (primary N) is 1. The summed E-state index contributed by atoms with van der Waals surface area (Å²) in [5, 5.41) is 62.6. The number of nitrogens with zero attached hydrogens (tertiary/aromatic N) is 8. The van der Waals surface area contributed by atoms with Gasteiger partial charge in [-0.15, -0.1) is 0 Å². The number of aromatic nitrogens is 8. The molecule has 19 heteroatoms. The van der Waals surface area contributed by atoms with Gasteiger partial charge >= 0.3 is 0 Å². The van der Waals surface area contributed by atoms with Gasteiger partial charge in [-0.05, 0) is 11.6 Å². The highest BCUT2D eigenvalue weighted by atomic mass is 35.5. The molecule has 0 unspecified atom stereocenters. The molecule has 0 spiro atoms. The van der Waals surface area contributed by atoms with Crippen LogP contribution in [-0.2, 0) is 9.47 Å². The van der Waals surface area contributed by atoms with E-state index < -0.39 is 62.3 Å². The molecule has 0 bridgehead atoms. The van der Waals surface area contributed by atoms with Gasteiger partial charge in [0.2, 0.25) is 11.2 Å². The van der Waals surface area contributed by atoms with Gasteiger partial charge in [0.15, 0.2) is 40.9 Å². The van der Waals surface area contributed by atoms with Gasteiger partial charge in [-0.1, -0.05) is 0 Å². The van der Waals surface area contributed by atoms with E-state index in [0.717, 1.165) is 0 Å². The summed E-state index contributed by atoms with van der Waals surface area (Å²) in [7, 11) is 0. The molecule has 6 heterocycles. The zero-order valence-corrected chi connectivity index (χ0v) is 20.5. The fourth-order valence-corrected chi connectivity index (χ4v) is 4.83. The molecule has 18 nitrogen and oxygen atoms in total. The lowest BCUT2D eigenvalue weighted by Crippen LogP contribution is -2.33. The quantitative estimate of drug-likeness (QED) is 0.109. The Balaban J connectivity index is 1.37. The van der Waals surface area contributed by atoms with Crippen molar-refractivity contribution in [3.8, 4) is 0 Å². The maximum Gasteiger partial charge on any atom is 0.232 e. The van der Waals surface area contributed by atoms with Crippen molar-refractivity contribution in [2.24, 2.45) is 0 Å². The number of halogens is 1. The van der Waals surface area contributed by atoms with Crippen molar-refractivity contribution in [3.05, 3.63) is 17.9 Å². The fourth-order valence-electron chi connectivity index (χ4n) is 4.67. The van der Waals surface area contributed by atoms with Crippen LogP contribution in [0.5, 0.6) is 0 Å². The van der Waals surface area contributed by atoms with Gasteiger partial charge in [-0.3, -0.25) is 9.13 Å². The number of imidazole rings is 2. The predicted octanol–water partition coefficient (Wildman–Crippen LogP) is -2.83. The molecule has 0 aromatic carbocycles. The minimum absolute atomic E-state index is 0.0265. The van der Waals surface area contributed by atoms with Crippen LogP contribution < -0.4 is 11.1 Å². The average molecular weight is 567 g/mol. The molecule has 2 aliphatic rings. The first-order valence-electron chi connectivity index (χ1n) is 11.6. The van der Waals surface area contributed by atoms with Crippen LogP contribution in [0.3, 0.4) is 0 Å². The molecule has 208 valence electrons. The molecule has 0 amide bonds. The molecule has 0 saturated carbocycles. The molecular formula is C20H23ClN10O8. The van der Waals surface area contributed by atoms with Crippen molar-refractivity contribution >= 4 is 51.5 Å². The number of fused-ring (bicyclic) bond motifs is 2. The largest absolute Gasteiger partial charge is 0.394 e. The van der Waals surface area contributed by atoms with Crippen molar-refractivity contribution in [2.75, 3.05) is 24.3 Å². The van der Waals surface area contributed by atoms with Gasteiger partial charge < -0.3 is 51.2 Å². The summed E-state index contributed by atoms with van der Waals surface area (Å²) < 4.78 is 13.8. The number of aliphatic hydroxyl groups is 6. The SMILES string of the molecule is Nc1nc(Nc2nc(Cl)nc3c2ncn3[C@@H]2O[C@H](CO)[C@@H](O)[C@H]2O)nc2c1ncn2[C@@H]1O[C@H](CO)[C@@H](O)[C@H]1O. The molecule has 4 aromatic heterocycles. The highest BCUT2D eigenvalue weighted by Crippen LogP contribution is 2.35. The molecule has 2 aliphatic heterocycles. The fraction of sp³-hybridized carbons (Fsp3) is 0.500. The zero-order valence-electron chi connectivity index (χ0n) is 19.7. The minimum Gasteiger partial charge on any atom is -0.394 e. The Hall–Kier alpha value is -3.33. The van der Waals surface area contributed by atoms with Gasteiger partial charge in [0, 0.05) is 0 Å². The Morgan fingerprint density at radius 1 is 0.795 bits per heavy atom. The van der Waals surface area contributed by atoms with Crippen LogP contribution in [0.4, 0.5) is 17.6 Å². The standard InChI is InChI=1S/C20H23ClN10O8/c21-19-26-14(8-16(28-19)31(4-24-8)18-12(37)10(35)6(2-33)39-18)27-20-25-13(22)7-15(29-20)30(3-23-7)17-11(36)9(34)5(1-32)38-17/h3-6,9-12,17-18,32-37H,1-2H2,(H3,22,25,26,27,28,29)/t5-,6-,9-,10-,11-,12-,17-,18-/m1/s1. The Kier molecular flexibility index (Phi) is 6.44. The van der Waals surface area contributed by atoms with E-state index in [0.29, 0.717) is 0 Å². The lowest BCUT2D eigenvalue weighted by atomic mass is 10.1. The van der Waals surface area contributed by atoms with Gasteiger partial charge in [-0.25, -0.2) is 9.97 Å². The first kappa shape index (κ1) is 25.9. The molecular weight excluding hydrogens is 544 g/mol. The van der Waals surface area contributed by atoms with E-state index in [-0.39, 0.29) is 45.2 Å². The van der Waals surface area contributed by atoms with Gasteiger partial charge in [0.1, 0.15) is 42.1 Å². The zero-order chi connectivity index (χ0) is 27.6. The summed E-state index contributed by atoms with van der Waals surface area (Å²) in [6.07, 6.45) is -7.08. The van der Waals surface area contributed by atoms with Gasteiger partial charge in [0.05, 0.1) is 25.9 Å². The molecule has 39 heavy (non-hydrogen) atoms. The lowest BCUT2D eigenvalue weighted by molar-refractivity contribution is -0.0511. The Morgan fingerprint density at radius 3 is 1.87 bits per heavy atom. The number of nitrogens with one attached hydrogen (secondary N) is 1. The minimum atomic E-state index is -1.38. The van der Waals surface area contributed by atoms with E-state index in [2.05, 4.69) is 35.2 Å². The Morgan fingerprint density at radius 2 is 1.33 bits per heavy atom. The number of aliphatic hydroxyl groups excluding tert-OH is 6. The van der Waals surface area contributed by atoms with Gasteiger partial charge in [-0.2, -0.15) is 19.9 Å². The maximum absolute atomic E-state index is 10.4. The smallest absolute Gasteiger partial charge is 0.232 e. The second kappa shape index (κ2) is 9.70. The summed E-state index contributed by atoms with van der Waals surface area (Å²) in [4.78, 5) is 25.4. The molecule has 0 aliphatic carbocycles. The predicted molar refractivity (Wildman–Crippen MR) is 129 cm³/mol. The van der Waals surface area contributed by atoms with Crippen LogP contribution in [0.2, 0.25) is 5.28 Å². The van der Waals surface area contributed by atoms with Crippen molar-refractivity contribution in [1.29, 1.82) is 0 Å². The van der Waals surface area contributed by atoms with Crippen LogP contribution in [0.15, 0.2) is 12.7 Å². The summed E-state index contributed by atoms with van der Waals surface area (Å²) >= 11 is 6.16. The third kappa shape index (κ3) is 4.13. The Labute approximate surface area is 222 Å². The number of hydrogen-bond acceptors (Lipinski definition) is 16. The summed E-state index contributed by atoms with van der Waals surface area (Å²) in [5.41, 5.74) is 6.75. The summed E-state index contributed by atoms with van der Waals surface area (Å²) in [5.74, 6) is -0.0262. The molecule has 0 radical (unpaired) electrons. The molecule has 2 saturated heterocycles. The van der Waals surface area contributed by atoms with Crippen molar-refractivity contribution in [2.45, 2.75) is 49.1 Å². The lowest BCUT2D eigenvalue weighted by Gasteiger charge is -2.17. The van der Waals surface area contributed by atoms with Gasteiger partial charge in [0.25, 0.3) is 0 Å². The van der Waals surface area contributed by atoms with E-state index in [4.69, 9.17) is 26.8 Å². The van der Waals surface area contributed by atoms with E-state index in [1.54, 1.807) is 0 Å².